The molecule has 1 aromatic carbocycles. The van der Waals surface area contributed by atoms with Gasteiger partial charge in [-0.1, -0.05) is 12.1 Å². The van der Waals surface area contributed by atoms with Crippen molar-refractivity contribution in [3.63, 3.8) is 0 Å². The topological polar surface area (TPSA) is 74.3 Å². The SMILES string of the molecule is CC(C)(C)OC(=O)N1C(=O)C2(CCOCC2)c2ccc(B3OC(C)(C)C(C)(C)O3)cc21. The molecule has 2 saturated heterocycles. The number of imide groups is 1. The number of carbonyl (C=O) groups is 2. The Balaban J connectivity index is 1.77. The molecule has 3 heterocycles. The van der Waals surface area contributed by atoms with Crippen molar-refractivity contribution in [3.05, 3.63) is 23.8 Å². The summed E-state index contributed by atoms with van der Waals surface area (Å²) in [7, 11) is -0.586. The van der Waals surface area contributed by atoms with Gasteiger partial charge < -0.3 is 18.8 Å². The highest BCUT2D eigenvalue weighted by Crippen LogP contribution is 2.48. The van der Waals surface area contributed by atoms with Crippen LogP contribution in [0.25, 0.3) is 0 Å². The van der Waals surface area contributed by atoms with Crippen LogP contribution in [0.4, 0.5) is 10.5 Å². The Morgan fingerprint density at radius 1 is 1.06 bits per heavy atom. The standard InChI is InChI=1S/C23H32BNO6/c1-20(2,3)29-19(27)25-17-14-15(24-30-21(4,5)22(6,7)31-24)8-9-16(17)23(18(25)26)10-12-28-13-11-23/h8-9,14H,10-13H2,1-7H3. The van der Waals surface area contributed by atoms with Crippen molar-refractivity contribution in [2.45, 2.75) is 83.5 Å². The molecule has 2 amide bonds. The lowest BCUT2D eigenvalue weighted by Gasteiger charge is -2.32. The Morgan fingerprint density at radius 2 is 1.65 bits per heavy atom. The van der Waals surface area contributed by atoms with Crippen LogP contribution in [0.3, 0.4) is 0 Å². The molecule has 31 heavy (non-hydrogen) atoms. The van der Waals surface area contributed by atoms with Gasteiger partial charge in [-0.25, -0.2) is 9.69 Å². The third-order valence-corrected chi connectivity index (χ3v) is 6.84. The summed E-state index contributed by atoms with van der Waals surface area (Å²) < 4.78 is 23.5. The molecule has 3 aliphatic rings. The van der Waals surface area contributed by atoms with Gasteiger partial charge in [0.2, 0.25) is 5.91 Å². The van der Waals surface area contributed by atoms with Crippen molar-refractivity contribution >= 4 is 30.3 Å². The molecule has 8 heteroatoms. The van der Waals surface area contributed by atoms with Crippen molar-refractivity contribution in [2.75, 3.05) is 18.1 Å². The summed E-state index contributed by atoms with van der Waals surface area (Å²) in [6.45, 7) is 14.3. The van der Waals surface area contributed by atoms with Gasteiger partial charge in [-0.15, -0.1) is 0 Å². The average molecular weight is 429 g/mol. The second kappa shape index (κ2) is 7.05. The van der Waals surface area contributed by atoms with Crippen LogP contribution in [-0.4, -0.2) is 49.1 Å². The summed E-state index contributed by atoms with van der Waals surface area (Å²) in [4.78, 5) is 27.9. The molecular weight excluding hydrogens is 397 g/mol. The molecule has 0 unspecified atom stereocenters. The van der Waals surface area contributed by atoms with Crippen LogP contribution in [0.2, 0.25) is 0 Å². The van der Waals surface area contributed by atoms with Gasteiger partial charge in [0.05, 0.1) is 22.3 Å². The molecule has 1 aromatic rings. The van der Waals surface area contributed by atoms with Crippen LogP contribution < -0.4 is 10.4 Å². The largest absolute Gasteiger partial charge is 0.494 e. The van der Waals surface area contributed by atoms with E-state index in [-0.39, 0.29) is 5.91 Å². The van der Waals surface area contributed by atoms with Gasteiger partial charge in [0.15, 0.2) is 0 Å². The smallest absolute Gasteiger partial charge is 0.443 e. The lowest BCUT2D eigenvalue weighted by Crippen LogP contribution is -2.47. The van der Waals surface area contributed by atoms with E-state index < -0.39 is 35.4 Å². The minimum absolute atomic E-state index is 0.244. The Labute approximate surface area is 184 Å². The highest BCUT2D eigenvalue weighted by atomic mass is 16.7. The molecule has 0 bridgehead atoms. The average Bonchev–Trinajstić information content (AvgIpc) is 3.01. The molecule has 0 aromatic heterocycles. The summed E-state index contributed by atoms with van der Waals surface area (Å²) in [5.74, 6) is -0.244. The van der Waals surface area contributed by atoms with Crippen LogP contribution in [0, 0.1) is 0 Å². The van der Waals surface area contributed by atoms with Gasteiger partial charge in [0.25, 0.3) is 0 Å². The number of nitrogens with zero attached hydrogens (tertiary/aromatic N) is 1. The number of rotatable bonds is 1. The van der Waals surface area contributed by atoms with E-state index in [0.717, 1.165) is 11.0 Å². The molecule has 4 rings (SSSR count). The fraction of sp³-hybridized carbons (Fsp3) is 0.652. The van der Waals surface area contributed by atoms with Crippen molar-refractivity contribution in [2.24, 2.45) is 0 Å². The molecule has 1 spiro atoms. The van der Waals surface area contributed by atoms with Gasteiger partial charge >= 0.3 is 13.2 Å². The maximum Gasteiger partial charge on any atom is 0.494 e. The van der Waals surface area contributed by atoms with Crippen LogP contribution in [-0.2, 0) is 29.0 Å². The fourth-order valence-electron chi connectivity index (χ4n) is 4.39. The van der Waals surface area contributed by atoms with Gasteiger partial charge in [-0.2, -0.15) is 0 Å². The highest BCUT2D eigenvalue weighted by molar-refractivity contribution is 6.62. The first-order chi connectivity index (χ1) is 14.3. The Morgan fingerprint density at radius 3 is 2.19 bits per heavy atom. The van der Waals surface area contributed by atoms with E-state index >= 15 is 0 Å². The molecule has 0 atom stereocenters. The zero-order valence-electron chi connectivity index (χ0n) is 19.5. The Hall–Kier alpha value is -1.90. The Kier molecular flexibility index (Phi) is 5.07. The first-order valence-electron chi connectivity index (χ1n) is 10.9. The summed E-state index contributed by atoms with van der Waals surface area (Å²) in [5.41, 5.74) is -0.299. The second-order valence-corrected chi connectivity index (χ2v) is 10.7. The summed E-state index contributed by atoms with van der Waals surface area (Å²) in [6.07, 6.45) is 0.412. The number of hydrogen-bond acceptors (Lipinski definition) is 6. The predicted molar refractivity (Wildman–Crippen MR) is 118 cm³/mol. The Bertz CT molecular complexity index is 897. The third kappa shape index (κ3) is 3.58. The predicted octanol–water partition coefficient (Wildman–Crippen LogP) is 3.32. The zero-order valence-corrected chi connectivity index (χ0v) is 19.5. The van der Waals surface area contributed by atoms with Crippen molar-refractivity contribution in [1.29, 1.82) is 0 Å². The van der Waals surface area contributed by atoms with Crippen LogP contribution in [0.1, 0.15) is 66.9 Å². The molecule has 0 radical (unpaired) electrons. The monoisotopic (exact) mass is 429 g/mol. The zero-order chi connectivity index (χ0) is 22.8. The second-order valence-electron chi connectivity index (χ2n) is 10.7. The van der Waals surface area contributed by atoms with Gasteiger partial charge in [0, 0.05) is 13.2 Å². The minimum atomic E-state index is -0.765. The number of benzene rings is 1. The van der Waals surface area contributed by atoms with Gasteiger partial charge in [-0.3, -0.25) is 4.79 Å². The van der Waals surface area contributed by atoms with E-state index in [1.54, 1.807) is 20.8 Å². The molecule has 3 aliphatic heterocycles. The highest BCUT2D eigenvalue weighted by Gasteiger charge is 2.56. The third-order valence-electron chi connectivity index (χ3n) is 6.84. The van der Waals surface area contributed by atoms with Crippen LogP contribution in [0.15, 0.2) is 18.2 Å². The molecule has 168 valence electrons. The van der Waals surface area contributed by atoms with Crippen molar-refractivity contribution < 1.29 is 28.4 Å². The normalized spacial score (nSPS) is 23.9. The number of fused-ring (bicyclic) bond motifs is 2. The molecule has 0 saturated carbocycles. The number of hydrogen-bond donors (Lipinski definition) is 0. The van der Waals surface area contributed by atoms with Crippen LogP contribution in [0.5, 0.6) is 0 Å². The van der Waals surface area contributed by atoms with Crippen molar-refractivity contribution in [3.8, 4) is 0 Å². The lowest BCUT2D eigenvalue weighted by molar-refractivity contribution is -0.126. The van der Waals surface area contributed by atoms with E-state index in [0.29, 0.717) is 31.7 Å². The summed E-state index contributed by atoms with van der Waals surface area (Å²) >= 11 is 0. The molecule has 2 fully saturated rings. The maximum absolute atomic E-state index is 13.6. The van der Waals surface area contributed by atoms with Gasteiger partial charge in [-0.05, 0) is 78.4 Å². The van der Waals surface area contributed by atoms with E-state index in [2.05, 4.69) is 0 Å². The number of carbonyl (C=O) groups excluding carboxylic acids is 2. The summed E-state index contributed by atoms with van der Waals surface area (Å²) in [5, 5.41) is 0. The molecular formula is C23H32BNO6. The molecule has 7 nitrogen and oxygen atoms in total. The van der Waals surface area contributed by atoms with E-state index in [4.69, 9.17) is 18.8 Å². The number of anilines is 1. The van der Waals surface area contributed by atoms with Gasteiger partial charge in [0.1, 0.15) is 5.60 Å². The number of amides is 2. The quantitative estimate of drug-likeness (QED) is 0.638. The van der Waals surface area contributed by atoms with E-state index in [9.17, 15) is 9.59 Å². The lowest BCUT2D eigenvalue weighted by atomic mass is 9.73. The maximum atomic E-state index is 13.6. The van der Waals surface area contributed by atoms with E-state index in [1.807, 2.05) is 45.9 Å². The summed E-state index contributed by atoms with van der Waals surface area (Å²) in [6, 6.07) is 5.71. The molecule has 0 N–H and O–H groups in total. The first-order valence-corrected chi connectivity index (χ1v) is 10.9. The minimum Gasteiger partial charge on any atom is -0.443 e. The van der Waals surface area contributed by atoms with Crippen LogP contribution >= 0.6 is 0 Å². The first kappa shape index (κ1) is 22.3. The molecule has 0 aliphatic carbocycles. The fourth-order valence-corrected chi connectivity index (χ4v) is 4.39. The van der Waals surface area contributed by atoms with Crippen molar-refractivity contribution in [1.82, 2.24) is 0 Å². The van der Waals surface area contributed by atoms with E-state index in [1.165, 1.54) is 4.90 Å². The number of ether oxygens (including phenoxy) is 2.